The SMILES string of the molecule is O=C(Oc1ccc([N+](=O)[O-])cc1C(=O)O)c1cc([N+](=O)[O-])ccc1O. The van der Waals surface area contributed by atoms with Crippen LogP contribution < -0.4 is 4.74 Å². The molecular formula is C14H8N2O9. The molecule has 0 bridgehead atoms. The second-order valence-electron chi connectivity index (χ2n) is 4.59. The highest BCUT2D eigenvalue weighted by molar-refractivity contribution is 5.97. The maximum atomic E-state index is 12.1. The van der Waals surface area contributed by atoms with Crippen molar-refractivity contribution in [1.82, 2.24) is 0 Å². The lowest BCUT2D eigenvalue weighted by molar-refractivity contribution is -0.385. The van der Waals surface area contributed by atoms with Crippen molar-refractivity contribution >= 4 is 23.3 Å². The molecule has 2 N–H and O–H groups in total. The van der Waals surface area contributed by atoms with E-state index in [0.29, 0.717) is 6.07 Å². The van der Waals surface area contributed by atoms with Crippen molar-refractivity contribution in [3.8, 4) is 11.5 Å². The Balaban J connectivity index is 2.41. The average Bonchev–Trinajstić information content (AvgIpc) is 2.54. The number of nitro benzene ring substituents is 2. The molecule has 0 saturated heterocycles. The van der Waals surface area contributed by atoms with Gasteiger partial charge < -0.3 is 14.9 Å². The van der Waals surface area contributed by atoms with Crippen molar-refractivity contribution in [2.75, 3.05) is 0 Å². The molecule has 0 saturated carbocycles. The van der Waals surface area contributed by atoms with Crippen LogP contribution in [-0.2, 0) is 0 Å². The molecule has 2 rings (SSSR count). The topological polar surface area (TPSA) is 170 Å². The standard InChI is InChI=1S/C14H8N2O9/c17-11-3-1-7(15(21)22)5-9(11)14(20)25-12-4-2-8(16(23)24)6-10(12)13(18)19/h1-6,17H,(H,18,19). The molecule has 2 aromatic carbocycles. The first-order valence-electron chi connectivity index (χ1n) is 6.42. The number of benzene rings is 2. The number of esters is 1. The second-order valence-corrected chi connectivity index (χ2v) is 4.59. The summed E-state index contributed by atoms with van der Waals surface area (Å²) in [6.07, 6.45) is 0. The van der Waals surface area contributed by atoms with E-state index in [1.165, 1.54) is 0 Å². The van der Waals surface area contributed by atoms with E-state index < -0.39 is 55.8 Å². The van der Waals surface area contributed by atoms with Crippen LogP contribution in [0.4, 0.5) is 11.4 Å². The number of nitrogens with zero attached hydrogens (tertiary/aromatic N) is 2. The van der Waals surface area contributed by atoms with E-state index in [9.17, 15) is 34.9 Å². The predicted octanol–water partition coefficient (Wildman–Crippen LogP) is 2.13. The first-order chi connectivity index (χ1) is 11.7. The molecule has 0 heterocycles. The summed E-state index contributed by atoms with van der Waals surface area (Å²) < 4.78 is 4.82. The minimum atomic E-state index is -1.59. The number of carbonyl (C=O) groups excluding carboxylic acids is 1. The van der Waals surface area contributed by atoms with Crippen LogP contribution in [0.1, 0.15) is 20.7 Å². The van der Waals surface area contributed by atoms with Gasteiger partial charge in [-0.1, -0.05) is 0 Å². The summed E-state index contributed by atoms with van der Waals surface area (Å²) >= 11 is 0. The van der Waals surface area contributed by atoms with Crippen molar-refractivity contribution in [2.24, 2.45) is 0 Å². The van der Waals surface area contributed by atoms with E-state index >= 15 is 0 Å². The van der Waals surface area contributed by atoms with Crippen LogP contribution in [0.5, 0.6) is 11.5 Å². The predicted molar refractivity (Wildman–Crippen MR) is 79.8 cm³/mol. The minimum absolute atomic E-state index is 0.494. The number of carbonyl (C=O) groups is 2. The molecule has 0 aliphatic carbocycles. The second kappa shape index (κ2) is 6.62. The lowest BCUT2D eigenvalue weighted by Crippen LogP contribution is -2.12. The zero-order chi connectivity index (χ0) is 18.7. The fourth-order valence-electron chi connectivity index (χ4n) is 1.84. The van der Waals surface area contributed by atoms with Crippen molar-refractivity contribution in [3.63, 3.8) is 0 Å². The summed E-state index contributed by atoms with van der Waals surface area (Å²) in [7, 11) is 0. The van der Waals surface area contributed by atoms with E-state index in [1.807, 2.05) is 0 Å². The van der Waals surface area contributed by atoms with Gasteiger partial charge in [0.05, 0.1) is 9.85 Å². The summed E-state index contributed by atoms with van der Waals surface area (Å²) in [6, 6.07) is 5.13. The van der Waals surface area contributed by atoms with Crippen molar-refractivity contribution in [3.05, 3.63) is 67.8 Å². The van der Waals surface area contributed by atoms with E-state index in [2.05, 4.69) is 0 Å². The molecule has 0 fully saturated rings. The van der Waals surface area contributed by atoms with Crippen LogP contribution in [0.3, 0.4) is 0 Å². The molecule has 11 heteroatoms. The van der Waals surface area contributed by atoms with Gasteiger partial charge in [0.2, 0.25) is 0 Å². The first kappa shape index (κ1) is 17.3. The summed E-state index contributed by atoms with van der Waals surface area (Å²) in [4.78, 5) is 43.0. The number of non-ortho nitro benzene ring substituents is 2. The highest BCUT2D eigenvalue weighted by Crippen LogP contribution is 2.28. The van der Waals surface area contributed by atoms with Crippen LogP contribution in [0.15, 0.2) is 36.4 Å². The normalized spacial score (nSPS) is 10.1. The molecule has 25 heavy (non-hydrogen) atoms. The number of hydrogen-bond acceptors (Lipinski definition) is 8. The molecule has 128 valence electrons. The van der Waals surface area contributed by atoms with Crippen LogP contribution in [0.25, 0.3) is 0 Å². The quantitative estimate of drug-likeness (QED) is 0.355. The Morgan fingerprint density at radius 1 is 0.920 bits per heavy atom. The number of phenols is 1. The molecule has 0 spiro atoms. The van der Waals surface area contributed by atoms with Gasteiger partial charge in [-0.25, -0.2) is 9.59 Å². The minimum Gasteiger partial charge on any atom is -0.507 e. The van der Waals surface area contributed by atoms with Gasteiger partial charge in [-0.05, 0) is 12.1 Å². The van der Waals surface area contributed by atoms with Gasteiger partial charge in [-0.2, -0.15) is 0 Å². The summed E-state index contributed by atoms with van der Waals surface area (Å²) in [5, 5.41) is 40.1. The Morgan fingerprint density at radius 2 is 1.44 bits per heavy atom. The molecule has 0 aromatic heterocycles. The molecular weight excluding hydrogens is 340 g/mol. The molecule has 0 atom stereocenters. The number of hydrogen-bond donors (Lipinski definition) is 2. The van der Waals surface area contributed by atoms with E-state index in [4.69, 9.17) is 9.84 Å². The van der Waals surface area contributed by atoms with Crippen LogP contribution >= 0.6 is 0 Å². The third-order valence-electron chi connectivity index (χ3n) is 3.02. The largest absolute Gasteiger partial charge is 0.507 e. The Kier molecular flexibility index (Phi) is 4.59. The fourth-order valence-corrected chi connectivity index (χ4v) is 1.84. The van der Waals surface area contributed by atoms with Gasteiger partial charge in [0.1, 0.15) is 22.6 Å². The number of ether oxygens (including phenoxy) is 1. The van der Waals surface area contributed by atoms with Gasteiger partial charge in [0.15, 0.2) is 0 Å². The number of aromatic hydroxyl groups is 1. The van der Waals surface area contributed by atoms with E-state index in [0.717, 1.165) is 30.3 Å². The van der Waals surface area contributed by atoms with Crippen molar-refractivity contribution in [2.45, 2.75) is 0 Å². The molecule has 0 aliphatic heterocycles. The van der Waals surface area contributed by atoms with Crippen molar-refractivity contribution < 1.29 is 34.4 Å². The van der Waals surface area contributed by atoms with Crippen LogP contribution in [0, 0.1) is 20.2 Å². The number of rotatable bonds is 5. The Hall–Kier alpha value is -4.02. The van der Waals surface area contributed by atoms with Crippen LogP contribution in [-0.4, -0.2) is 32.0 Å². The molecule has 0 aliphatic rings. The van der Waals surface area contributed by atoms with Crippen molar-refractivity contribution in [1.29, 1.82) is 0 Å². The average molecular weight is 348 g/mol. The fraction of sp³-hybridized carbons (Fsp3) is 0. The monoisotopic (exact) mass is 348 g/mol. The molecule has 0 unspecified atom stereocenters. The van der Waals surface area contributed by atoms with E-state index in [-0.39, 0.29) is 0 Å². The molecule has 0 radical (unpaired) electrons. The highest BCUT2D eigenvalue weighted by atomic mass is 16.6. The third-order valence-corrected chi connectivity index (χ3v) is 3.02. The third kappa shape index (κ3) is 3.67. The smallest absolute Gasteiger partial charge is 0.347 e. The number of aromatic carboxylic acids is 1. The zero-order valence-electron chi connectivity index (χ0n) is 12.1. The highest BCUT2D eigenvalue weighted by Gasteiger charge is 2.23. The summed E-state index contributed by atoms with van der Waals surface area (Å²) in [6.45, 7) is 0. The van der Waals surface area contributed by atoms with Gasteiger partial charge in [-0.3, -0.25) is 20.2 Å². The van der Waals surface area contributed by atoms with E-state index in [1.54, 1.807) is 0 Å². The first-order valence-corrected chi connectivity index (χ1v) is 6.42. The Morgan fingerprint density at radius 3 is 1.96 bits per heavy atom. The number of phenolic OH excluding ortho intramolecular Hbond substituents is 1. The van der Waals surface area contributed by atoms with Gasteiger partial charge >= 0.3 is 11.9 Å². The number of carboxylic acid groups (broad SMARTS) is 1. The Bertz CT molecular complexity index is 907. The van der Waals surface area contributed by atoms with Gasteiger partial charge in [0, 0.05) is 24.3 Å². The molecule has 2 aromatic rings. The lowest BCUT2D eigenvalue weighted by atomic mass is 10.1. The lowest BCUT2D eigenvalue weighted by Gasteiger charge is -2.08. The Labute approximate surface area is 138 Å². The summed E-state index contributed by atoms with van der Waals surface area (Å²) in [5.41, 5.74) is -2.25. The number of nitro groups is 2. The maximum absolute atomic E-state index is 12.1. The van der Waals surface area contributed by atoms with Crippen LogP contribution in [0.2, 0.25) is 0 Å². The number of carboxylic acids is 1. The van der Waals surface area contributed by atoms with Gasteiger partial charge in [0.25, 0.3) is 11.4 Å². The molecule has 0 amide bonds. The maximum Gasteiger partial charge on any atom is 0.347 e. The zero-order valence-corrected chi connectivity index (χ0v) is 12.1. The summed E-state index contributed by atoms with van der Waals surface area (Å²) in [5.74, 6) is -3.99. The van der Waals surface area contributed by atoms with Gasteiger partial charge in [-0.15, -0.1) is 0 Å². The molecule has 11 nitrogen and oxygen atoms in total.